The molecule has 1 N–H and O–H groups in total. The van der Waals surface area contributed by atoms with E-state index in [2.05, 4.69) is 129 Å². The second kappa shape index (κ2) is 23.9. The van der Waals surface area contributed by atoms with Crippen LogP contribution in [-0.2, 0) is 11.2 Å². The molecule has 0 radical (unpaired) electrons. The predicted octanol–water partition coefficient (Wildman–Crippen LogP) is 16.3. The molecule has 3 aromatic heterocycles. The number of thiophene rings is 2. The van der Waals surface area contributed by atoms with Crippen molar-refractivity contribution in [3.63, 3.8) is 0 Å². The predicted molar refractivity (Wildman–Crippen MR) is 273 cm³/mol. The topological polar surface area (TPSA) is 109 Å². The van der Waals surface area contributed by atoms with Crippen LogP contribution in [-0.4, -0.2) is 33.0 Å². The molecule has 336 valence electrons. The van der Waals surface area contributed by atoms with Crippen molar-refractivity contribution >= 4 is 74.5 Å². The molecule has 0 aliphatic carbocycles. The molecule has 65 heavy (non-hydrogen) atoms. The van der Waals surface area contributed by atoms with Crippen molar-refractivity contribution in [3.05, 3.63) is 119 Å². The normalized spacial score (nSPS) is 11.5. The van der Waals surface area contributed by atoms with E-state index in [1.54, 1.807) is 11.3 Å². The number of carboxylic acid groups (broad SMARTS) is 1. The molecule has 0 spiro atoms. The van der Waals surface area contributed by atoms with Crippen LogP contribution in [0.2, 0.25) is 0 Å². The number of ether oxygens (including phenoxy) is 2. The summed E-state index contributed by atoms with van der Waals surface area (Å²) in [5.41, 5.74) is 8.66. The van der Waals surface area contributed by atoms with E-state index >= 15 is 0 Å². The summed E-state index contributed by atoms with van der Waals surface area (Å²) < 4.78 is 21.7. The molecule has 0 saturated carbocycles. The number of benzene rings is 4. The number of aliphatic carboxylic acids is 1. The number of carboxylic acids is 1. The van der Waals surface area contributed by atoms with Gasteiger partial charge in [0, 0.05) is 47.7 Å². The Labute approximate surface area is 396 Å². The fourth-order valence-electron chi connectivity index (χ4n) is 7.85. The maximum atomic E-state index is 11.8. The number of hydrogen-bond acceptors (Lipinski definition) is 10. The Morgan fingerprint density at radius 1 is 0.631 bits per heavy atom. The van der Waals surface area contributed by atoms with E-state index < -0.39 is 5.97 Å². The zero-order valence-electron chi connectivity index (χ0n) is 37.7. The summed E-state index contributed by atoms with van der Waals surface area (Å²) in [6, 6.07) is 38.1. The van der Waals surface area contributed by atoms with Crippen LogP contribution >= 0.6 is 34.4 Å². The van der Waals surface area contributed by atoms with Gasteiger partial charge in [0.25, 0.3) is 0 Å². The molecule has 8 nitrogen and oxygen atoms in total. The van der Waals surface area contributed by atoms with Gasteiger partial charge in [0.15, 0.2) is 0 Å². The highest BCUT2D eigenvalue weighted by molar-refractivity contribution is 7.19. The van der Waals surface area contributed by atoms with Gasteiger partial charge in [-0.1, -0.05) is 103 Å². The van der Waals surface area contributed by atoms with Crippen molar-refractivity contribution in [2.45, 2.75) is 104 Å². The van der Waals surface area contributed by atoms with Gasteiger partial charge in [0.05, 0.1) is 24.9 Å². The highest BCUT2D eigenvalue weighted by Crippen LogP contribution is 2.43. The molecule has 0 unspecified atom stereocenters. The van der Waals surface area contributed by atoms with Crippen molar-refractivity contribution in [1.29, 1.82) is 5.26 Å². The highest BCUT2D eigenvalue weighted by Gasteiger charge is 2.20. The van der Waals surface area contributed by atoms with Crippen molar-refractivity contribution < 1.29 is 19.4 Å². The summed E-state index contributed by atoms with van der Waals surface area (Å²) in [5.74, 6) is 0.539. The lowest BCUT2D eigenvalue weighted by Gasteiger charge is -2.26. The Morgan fingerprint density at radius 3 is 1.66 bits per heavy atom. The van der Waals surface area contributed by atoms with Gasteiger partial charge in [-0.15, -0.1) is 22.7 Å². The van der Waals surface area contributed by atoms with Crippen LogP contribution in [0.3, 0.4) is 0 Å². The number of aromatic nitrogens is 2. The number of unbranched alkanes of at least 4 members (excludes halogenated alkanes) is 9. The summed E-state index contributed by atoms with van der Waals surface area (Å²) in [6.45, 7) is 8.08. The summed E-state index contributed by atoms with van der Waals surface area (Å²) >= 11 is 4.42. The summed E-state index contributed by atoms with van der Waals surface area (Å²) in [7, 11) is 0. The smallest absolute Gasteiger partial charge is 0.346 e. The maximum Gasteiger partial charge on any atom is 0.346 e. The Kier molecular flexibility index (Phi) is 17.4. The fraction of sp³-hybridized carbons (Fsp3) is 0.333. The average molecular weight is 923 g/mol. The molecule has 0 fully saturated rings. The highest BCUT2D eigenvalue weighted by atomic mass is 32.1. The molecule has 0 atom stereocenters. The van der Waals surface area contributed by atoms with Crippen LogP contribution in [0.25, 0.3) is 48.4 Å². The van der Waals surface area contributed by atoms with E-state index in [0.29, 0.717) is 0 Å². The lowest BCUT2D eigenvalue weighted by molar-refractivity contribution is -0.132. The number of fused-ring (bicyclic) bond motifs is 1. The third kappa shape index (κ3) is 12.3. The summed E-state index contributed by atoms with van der Waals surface area (Å²) in [5, 5.41) is 19.2. The molecule has 0 bridgehead atoms. The second-order valence-electron chi connectivity index (χ2n) is 16.3. The van der Waals surface area contributed by atoms with E-state index in [1.807, 2.05) is 6.07 Å². The molecule has 0 amide bonds. The van der Waals surface area contributed by atoms with Crippen LogP contribution < -0.4 is 14.4 Å². The van der Waals surface area contributed by atoms with Crippen LogP contribution in [0, 0.1) is 11.3 Å². The van der Waals surface area contributed by atoms with Gasteiger partial charge in [-0.25, -0.2) is 4.79 Å². The van der Waals surface area contributed by atoms with Gasteiger partial charge < -0.3 is 19.5 Å². The van der Waals surface area contributed by atoms with Gasteiger partial charge in [0.2, 0.25) is 0 Å². The molecule has 3 heterocycles. The Bertz CT molecular complexity index is 2620. The van der Waals surface area contributed by atoms with Gasteiger partial charge in [-0.05, 0) is 122 Å². The molecule has 0 saturated heterocycles. The largest absolute Gasteiger partial charge is 0.494 e. The first-order valence-electron chi connectivity index (χ1n) is 23.1. The molecular formula is C54H58N4O4S3. The molecule has 7 aromatic rings. The number of hydrogen-bond donors (Lipinski definition) is 1. The molecule has 4 aromatic carbocycles. The van der Waals surface area contributed by atoms with Crippen LogP contribution in [0.4, 0.5) is 17.1 Å². The first-order chi connectivity index (χ1) is 31.9. The monoisotopic (exact) mass is 922 g/mol. The Morgan fingerprint density at radius 2 is 1.14 bits per heavy atom. The van der Waals surface area contributed by atoms with E-state index in [0.717, 1.165) is 140 Å². The van der Waals surface area contributed by atoms with Gasteiger partial charge in [0.1, 0.15) is 34.2 Å². The van der Waals surface area contributed by atoms with E-state index in [1.165, 1.54) is 67.7 Å². The van der Waals surface area contributed by atoms with Crippen LogP contribution in [0.1, 0.15) is 108 Å². The third-order valence-electron chi connectivity index (χ3n) is 11.5. The quantitative estimate of drug-likeness (QED) is 0.0343. The van der Waals surface area contributed by atoms with Gasteiger partial charge in [-0.2, -0.15) is 14.0 Å². The fourth-order valence-corrected chi connectivity index (χ4v) is 10.6. The Balaban J connectivity index is 1.13. The first kappa shape index (κ1) is 47.2. The summed E-state index contributed by atoms with van der Waals surface area (Å²) in [6.07, 6.45) is 16.1. The van der Waals surface area contributed by atoms with Crippen molar-refractivity contribution in [1.82, 2.24) is 8.75 Å². The van der Waals surface area contributed by atoms with Gasteiger partial charge in [-0.3, -0.25) is 0 Å². The minimum atomic E-state index is -1.22. The van der Waals surface area contributed by atoms with Crippen LogP contribution in [0.5, 0.6) is 11.5 Å². The van der Waals surface area contributed by atoms with Gasteiger partial charge >= 0.3 is 5.97 Å². The molecule has 7 rings (SSSR count). The molecule has 0 aliphatic heterocycles. The number of anilines is 3. The van der Waals surface area contributed by atoms with Crippen LogP contribution in [0.15, 0.2) is 109 Å². The second-order valence-corrected chi connectivity index (χ2v) is 19.0. The van der Waals surface area contributed by atoms with E-state index in [4.69, 9.17) is 18.2 Å². The zero-order valence-corrected chi connectivity index (χ0v) is 40.1. The molecule has 0 aliphatic rings. The third-order valence-corrected chi connectivity index (χ3v) is 14.3. The first-order valence-corrected chi connectivity index (χ1v) is 25.5. The number of rotatable bonds is 25. The minimum Gasteiger partial charge on any atom is -0.494 e. The summed E-state index contributed by atoms with van der Waals surface area (Å²) in [4.78, 5) is 18.1. The van der Waals surface area contributed by atoms with E-state index in [-0.39, 0.29) is 5.57 Å². The number of nitrogens with zero attached hydrogens (tertiary/aromatic N) is 4. The SMILES string of the molecule is CCCCCCOc1ccc(N(c2ccc(OCCCCCC)cc2)c2ccc(-c3ccc(-c4ccc(-c5cc(CCCCCC)c(/C=C(\C#N)C(=O)O)s5)c5nsnc45)s3)cc2)cc1. The van der Waals surface area contributed by atoms with Crippen molar-refractivity contribution in [2.24, 2.45) is 0 Å². The number of carbonyl (C=O) groups is 1. The lowest BCUT2D eigenvalue weighted by atomic mass is 10.0. The molecule has 11 heteroatoms. The Hall–Kier alpha value is -5.80. The minimum absolute atomic E-state index is 0.266. The maximum absolute atomic E-state index is 11.8. The average Bonchev–Trinajstić information content (AvgIpc) is 4.12. The molecular weight excluding hydrogens is 865 g/mol. The standard InChI is InChI=1S/C54H58N4O4S3/c1-4-7-10-13-16-39-35-51(64-50(39)36-40(37-55)54(59)60)47-30-29-46(52-53(47)57-65-56-52)49-32-31-48(63-49)38-17-19-41(20-18-38)58(42-21-25-44(26-22-42)61-33-14-11-8-5-2)43-23-27-45(28-24-43)62-34-15-12-9-6-3/h17-32,35-36H,4-16,33-34H2,1-3H3,(H,59,60)/b40-36+. The lowest BCUT2D eigenvalue weighted by Crippen LogP contribution is -2.10. The zero-order chi connectivity index (χ0) is 45.4. The van der Waals surface area contributed by atoms with Crippen molar-refractivity contribution in [3.8, 4) is 48.9 Å². The van der Waals surface area contributed by atoms with Crippen molar-refractivity contribution in [2.75, 3.05) is 18.1 Å². The number of nitriles is 1. The number of aryl methyl sites for hydroxylation is 1. The van der Waals surface area contributed by atoms with E-state index in [9.17, 15) is 15.2 Å².